The number of carbonyl (C=O) groups excluding carboxylic acids is 1. The number of nitrogens with zero attached hydrogens (tertiary/aromatic N) is 2. The zero-order valence-corrected chi connectivity index (χ0v) is 11.5. The predicted octanol–water partition coefficient (Wildman–Crippen LogP) is 1.18. The number of carbonyl (C=O) groups is 1. The van der Waals surface area contributed by atoms with Crippen molar-refractivity contribution in [1.82, 2.24) is 5.32 Å². The summed E-state index contributed by atoms with van der Waals surface area (Å²) < 4.78 is 33.1. The van der Waals surface area contributed by atoms with Gasteiger partial charge in [-0.1, -0.05) is 0 Å². The van der Waals surface area contributed by atoms with Gasteiger partial charge in [0.15, 0.2) is 11.6 Å². The van der Waals surface area contributed by atoms with E-state index in [0.29, 0.717) is 13.2 Å². The second-order valence-electron chi connectivity index (χ2n) is 4.55. The van der Waals surface area contributed by atoms with Crippen LogP contribution in [0.1, 0.15) is 12.5 Å². The van der Waals surface area contributed by atoms with Gasteiger partial charge in [0.05, 0.1) is 24.5 Å². The van der Waals surface area contributed by atoms with Crippen molar-refractivity contribution >= 4 is 11.6 Å². The van der Waals surface area contributed by atoms with Gasteiger partial charge in [-0.3, -0.25) is 4.79 Å². The highest BCUT2D eigenvalue weighted by Gasteiger charge is 2.32. The van der Waals surface area contributed by atoms with Gasteiger partial charge in [-0.15, -0.1) is 0 Å². The molecule has 1 aromatic carbocycles. The fourth-order valence-corrected chi connectivity index (χ4v) is 2.25. The number of anilines is 1. The molecule has 1 atom stereocenters. The maximum absolute atomic E-state index is 14.1. The van der Waals surface area contributed by atoms with E-state index in [9.17, 15) is 13.6 Å². The van der Waals surface area contributed by atoms with Crippen LogP contribution in [0.25, 0.3) is 0 Å². The van der Waals surface area contributed by atoms with Crippen LogP contribution in [0.3, 0.4) is 0 Å². The Morgan fingerprint density at radius 2 is 2.29 bits per heavy atom. The molecule has 1 N–H and O–H groups in total. The van der Waals surface area contributed by atoms with Crippen LogP contribution in [0.4, 0.5) is 14.5 Å². The van der Waals surface area contributed by atoms with Crippen molar-refractivity contribution in [3.63, 3.8) is 0 Å². The molecule has 1 fully saturated rings. The third-order valence-electron chi connectivity index (χ3n) is 3.27. The Morgan fingerprint density at radius 3 is 2.95 bits per heavy atom. The molecule has 5 nitrogen and oxygen atoms in total. The number of hydrogen-bond acceptors (Lipinski definition) is 4. The summed E-state index contributed by atoms with van der Waals surface area (Å²) in [6.07, 6.45) is 0. The summed E-state index contributed by atoms with van der Waals surface area (Å²) in [4.78, 5) is 13.5. The summed E-state index contributed by atoms with van der Waals surface area (Å²) in [5.41, 5.74) is -0.398. The first-order chi connectivity index (χ1) is 10.1. The Kier molecular flexibility index (Phi) is 4.70. The van der Waals surface area contributed by atoms with Crippen LogP contribution < -0.4 is 10.2 Å². The van der Waals surface area contributed by atoms with Crippen molar-refractivity contribution in [2.45, 2.75) is 13.0 Å². The summed E-state index contributed by atoms with van der Waals surface area (Å²) in [5, 5.41) is 11.3. The van der Waals surface area contributed by atoms with E-state index in [-0.39, 0.29) is 30.3 Å². The van der Waals surface area contributed by atoms with Crippen LogP contribution in [0, 0.1) is 23.0 Å². The number of halogens is 2. The highest BCUT2D eigenvalue weighted by atomic mass is 19.2. The maximum Gasteiger partial charge on any atom is 0.245 e. The van der Waals surface area contributed by atoms with Crippen molar-refractivity contribution in [1.29, 1.82) is 5.26 Å². The van der Waals surface area contributed by atoms with Gasteiger partial charge in [-0.25, -0.2) is 8.78 Å². The Labute approximate surface area is 121 Å². The van der Waals surface area contributed by atoms with Crippen LogP contribution in [0.2, 0.25) is 0 Å². The lowest BCUT2D eigenvalue weighted by Gasteiger charge is -2.36. The van der Waals surface area contributed by atoms with E-state index in [2.05, 4.69) is 5.32 Å². The van der Waals surface area contributed by atoms with E-state index < -0.39 is 17.7 Å². The lowest BCUT2D eigenvalue weighted by molar-refractivity contribution is -0.124. The second kappa shape index (κ2) is 6.50. The Balaban J connectivity index is 2.36. The van der Waals surface area contributed by atoms with Crippen molar-refractivity contribution in [3.05, 3.63) is 29.3 Å². The largest absolute Gasteiger partial charge is 0.377 e. The zero-order chi connectivity index (χ0) is 15.4. The highest BCUT2D eigenvalue weighted by Crippen LogP contribution is 2.27. The first-order valence-corrected chi connectivity index (χ1v) is 6.60. The van der Waals surface area contributed by atoms with Crippen molar-refractivity contribution in [2.75, 3.05) is 31.2 Å². The highest BCUT2D eigenvalue weighted by molar-refractivity contribution is 5.85. The standard InChI is InChI=1S/C14H15F2N3O2/c1-2-18-14(20)11-8-21-6-5-19(11)10-4-3-9(7-17)12(15)13(10)16/h3-4,11H,2,5-6,8H2,1H3,(H,18,20). The van der Waals surface area contributed by atoms with Crippen LogP contribution in [0.5, 0.6) is 0 Å². The first-order valence-electron chi connectivity index (χ1n) is 6.60. The number of ether oxygens (including phenoxy) is 1. The smallest absolute Gasteiger partial charge is 0.245 e. The van der Waals surface area contributed by atoms with E-state index in [1.807, 2.05) is 0 Å². The molecule has 1 aliphatic rings. The average molecular weight is 295 g/mol. The monoisotopic (exact) mass is 295 g/mol. The fraction of sp³-hybridized carbons (Fsp3) is 0.429. The van der Waals surface area contributed by atoms with Gasteiger partial charge < -0.3 is 15.0 Å². The molecule has 1 aliphatic heterocycles. The molecule has 0 spiro atoms. The summed E-state index contributed by atoms with van der Waals surface area (Å²) in [5.74, 6) is -2.62. The van der Waals surface area contributed by atoms with Gasteiger partial charge in [0.25, 0.3) is 0 Å². The van der Waals surface area contributed by atoms with Crippen molar-refractivity contribution < 1.29 is 18.3 Å². The SMILES string of the molecule is CCNC(=O)C1COCCN1c1ccc(C#N)c(F)c1F. The molecule has 112 valence electrons. The summed E-state index contributed by atoms with van der Waals surface area (Å²) in [6, 6.07) is 3.38. The molecule has 0 saturated carbocycles. The van der Waals surface area contributed by atoms with Crippen molar-refractivity contribution in [2.24, 2.45) is 0 Å². The number of morpholine rings is 1. The molecule has 21 heavy (non-hydrogen) atoms. The predicted molar refractivity (Wildman–Crippen MR) is 71.7 cm³/mol. The van der Waals surface area contributed by atoms with Gasteiger partial charge in [-0.2, -0.15) is 5.26 Å². The van der Waals surface area contributed by atoms with Crippen LogP contribution in [0.15, 0.2) is 12.1 Å². The van der Waals surface area contributed by atoms with Gasteiger partial charge in [0.1, 0.15) is 12.1 Å². The number of nitrogens with one attached hydrogen (secondary N) is 1. The molecule has 7 heteroatoms. The van der Waals surface area contributed by atoms with Crippen LogP contribution in [-0.2, 0) is 9.53 Å². The number of nitriles is 1. The number of likely N-dealkylation sites (N-methyl/N-ethyl adjacent to an activating group) is 1. The van der Waals surface area contributed by atoms with E-state index >= 15 is 0 Å². The molecule has 0 radical (unpaired) electrons. The van der Waals surface area contributed by atoms with Gasteiger partial charge in [0, 0.05) is 13.1 Å². The Bertz CT molecular complexity index is 586. The third-order valence-corrected chi connectivity index (χ3v) is 3.27. The second-order valence-corrected chi connectivity index (χ2v) is 4.55. The number of rotatable bonds is 3. The van der Waals surface area contributed by atoms with Gasteiger partial charge in [-0.05, 0) is 19.1 Å². The zero-order valence-electron chi connectivity index (χ0n) is 11.5. The van der Waals surface area contributed by atoms with Crippen molar-refractivity contribution in [3.8, 4) is 6.07 Å². The molecular weight excluding hydrogens is 280 g/mol. The minimum absolute atomic E-state index is 0.0361. The topological polar surface area (TPSA) is 65.4 Å². The Morgan fingerprint density at radius 1 is 1.52 bits per heavy atom. The molecule has 0 aliphatic carbocycles. The third kappa shape index (κ3) is 2.95. The number of benzene rings is 1. The maximum atomic E-state index is 14.1. The molecule has 1 unspecified atom stereocenters. The van der Waals surface area contributed by atoms with Crippen LogP contribution in [-0.4, -0.2) is 38.3 Å². The van der Waals surface area contributed by atoms with Gasteiger partial charge >= 0.3 is 0 Å². The average Bonchev–Trinajstić information content (AvgIpc) is 2.50. The molecular formula is C14H15F2N3O2. The molecule has 1 heterocycles. The molecule has 1 aromatic rings. The first kappa shape index (κ1) is 15.2. The molecule has 0 aromatic heterocycles. The minimum atomic E-state index is -1.20. The molecule has 1 amide bonds. The lowest BCUT2D eigenvalue weighted by atomic mass is 10.1. The Hall–Kier alpha value is -2.20. The van der Waals surface area contributed by atoms with Crippen LogP contribution >= 0.6 is 0 Å². The quantitative estimate of drug-likeness (QED) is 0.909. The summed E-state index contributed by atoms with van der Waals surface area (Å²) in [6.45, 7) is 2.90. The van der Waals surface area contributed by atoms with Gasteiger partial charge in [0.2, 0.25) is 5.91 Å². The van der Waals surface area contributed by atoms with E-state index in [1.54, 1.807) is 13.0 Å². The normalized spacial score (nSPS) is 18.2. The molecule has 0 bridgehead atoms. The fourth-order valence-electron chi connectivity index (χ4n) is 2.25. The number of hydrogen-bond donors (Lipinski definition) is 1. The number of amides is 1. The minimum Gasteiger partial charge on any atom is -0.377 e. The summed E-state index contributed by atoms with van der Waals surface area (Å²) in [7, 11) is 0. The molecule has 1 saturated heterocycles. The van der Waals surface area contributed by atoms with E-state index in [1.165, 1.54) is 17.0 Å². The lowest BCUT2D eigenvalue weighted by Crippen LogP contribution is -2.54. The van der Waals surface area contributed by atoms with E-state index in [0.717, 1.165) is 0 Å². The molecule has 2 rings (SSSR count). The van der Waals surface area contributed by atoms with E-state index in [4.69, 9.17) is 10.00 Å². The summed E-state index contributed by atoms with van der Waals surface area (Å²) >= 11 is 0.